The second-order valence-electron chi connectivity index (χ2n) is 2.43. The van der Waals surface area contributed by atoms with E-state index in [1.807, 2.05) is 19.2 Å². The fourth-order valence-corrected chi connectivity index (χ4v) is 0.927. The summed E-state index contributed by atoms with van der Waals surface area (Å²) in [6, 6.07) is 1.84. The summed E-state index contributed by atoms with van der Waals surface area (Å²) < 4.78 is 0.645. The van der Waals surface area contributed by atoms with Crippen molar-refractivity contribution in [2.45, 2.75) is 6.92 Å². The number of rotatable bonds is 2. The van der Waals surface area contributed by atoms with Crippen LogP contribution >= 0.6 is 24.0 Å². The van der Waals surface area contributed by atoms with Crippen LogP contribution in [0.15, 0.2) is 23.6 Å². The summed E-state index contributed by atoms with van der Waals surface area (Å²) in [6.07, 6.45) is 5.18. The Morgan fingerprint density at radius 1 is 1.57 bits per heavy atom. The van der Waals surface area contributed by atoms with E-state index in [0.717, 1.165) is 11.3 Å². The van der Waals surface area contributed by atoms with Crippen molar-refractivity contribution < 1.29 is 0 Å². The molecule has 0 saturated carbocycles. The zero-order valence-corrected chi connectivity index (χ0v) is 9.52. The number of thiocarbonyl (C=S) groups is 1. The molecule has 1 aromatic rings. The Morgan fingerprint density at radius 2 is 2.36 bits per heavy atom. The van der Waals surface area contributed by atoms with Crippen molar-refractivity contribution in [2.24, 2.45) is 5.10 Å². The highest BCUT2D eigenvalue weighted by Gasteiger charge is 1.96. The van der Waals surface area contributed by atoms with Crippen molar-refractivity contribution in [3.63, 3.8) is 0 Å². The summed E-state index contributed by atoms with van der Waals surface area (Å²) in [5.41, 5.74) is 4.52. The molecule has 1 N–H and O–H groups in total. The maximum Gasteiger partial charge on any atom is 0.153 e. The first-order valence-electron chi connectivity index (χ1n) is 3.89. The lowest BCUT2D eigenvalue weighted by Gasteiger charge is -2.01. The molecule has 0 aliphatic rings. The molecule has 74 valence electrons. The van der Waals surface area contributed by atoms with Gasteiger partial charge in [0.2, 0.25) is 0 Å². The second-order valence-corrected chi connectivity index (χ2v) is 3.91. The van der Waals surface area contributed by atoms with Crippen molar-refractivity contribution >= 4 is 34.0 Å². The molecule has 14 heavy (non-hydrogen) atoms. The van der Waals surface area contributed by atoms with Gasteiger partial charge in [-0.3, -0.25) is 5.43 Å². The highest BCUT2D eigenvalue weighted by molar-refractivity contribution is 8.22. The predicted octanol–water partition coefficient (Wildman–Crippen LogP) is 1.44. The first kappa shape index (κ1) is 11.1. The summed E-state index contributed by atoms with van der Waals surface area (Å²) >= 11 is 6.39. The molecule has 0 saturated heterocycles. The molecule has 6 heteroatoms. The molecule has 0 aromatic carbocycles. The van der Waals surface area contributed by atoms with Gasteiger partial charge >= 0.3 is 0 Å². The summed E-state index contributed by atoms with van der Waals surface area (Å²) in [5, 5.41) is 11.5. The number of hydrazone groups is 1. The molecule has 0 unspecified atom stereocenters. The molecule has 0 radical (unpaired) electrons. The molecule has 0 fully saturated rings. The third-order valence-electron chi connectivity index (χ3n) is 1.50. The van der Waals surface area contributed by atoms with Crippen molar-refractivity contribution in [1.82, 2.24) is 15.6 Å². The lowest BCUT2D eigenvalue weighted by molar-refractivity contribution is 1.02. The van der Waals surface area contributed by atoms with E-state index in [2.05, 4.69) is 20.7 Å². The fraction of sp³-hybridized carbons (Fsp3) is 0.250. The number of nitrogens with one attached hydrogen (secondary N) is 1. The molecule has 0 spiro atoms. The van der Waals surface area contributed by atoms with E-state index in [-0.39, 0.29) is 0 Å². The standard InChI is InChI=1S/C8H10N4S2/c1-6(11-12-8(13)14-2)7-3-4-9-10-5-7/h3-5H,1-2H3,(H,12,13). The summed E-state index contributed by atoms with van der Waals surface area (Å²) in [5.74, 6) is 0. The van der Waals surface area contributed by atoms with Crippen molar-refractivity contribution in [2.75, 3.05) is 6.26 Å². The maximum absolute atomic E-state index is 4.94. The lowest BCUT2D eigenvalue weighted by atomic mass is 10.2. The number of thioether (sulfide) groups is 1. The topological polar surface area (TPSA) is 50.2 Å². The van der Waals surface area contributed by atoms with Gasteiger partial charge in [-0.2, -0.15) is 15.3 Å². The van der Waals surface area contributed by atoms with Gasteiger partial charge in [0.15, 0.2) is 4.32 Å². The van der Waals surface area contributed by atoms with Crippen LogP contribution in [0.1, 0.15) is 12.5 Å². The van der Waals surface area contributed by atoms with Gasteiger partial charge in [0.05, 0.1) is 18.1 Å². The third-order valence-corrected chi connectivity index (χ3v) is 2.56. The average molecular weight is 226 g/mol. The molecule has 4 nitrogen and oxygen atoms in total. The van der Waals surface area contributed by atoms with E-state index in [9.17, 15) is 0 Å². The molecule has 0 bridgehead atoms. The van der Waals surface area contributed by atoms with Crippen molar-refractivity contribution in [1.29, 1.82) is 0 Å². The normalized spacial score (nSPS) is 11.1. The minimum Gasteiger partial charge on any atom is -0.262 e. The van der Waals surface area contributed by atoms with Crippen LogP contribution in [-0.4, -0.2) is 26.5 Å². The predicted molar refractivity (Wildman–Crippen MR) is 63.5 cm³/mol. The van der Waals surface area contributed by atoms with Gasteiger partial charge in [-0.25, -0.2) is 0 Å². The second kappa shape index (κ2) is 5.66. The van der Waals surface area contributed by atoms with Crippen LogP contribution in [-0.2, 0) is 0 Å². The SMILES string of the molecule is CSC(=S)NN=C(C)c1ccnnc1. The number of hydrogen-bond donors (Lipinski definition) is 1. The molecular formula is C8H10N4S2. The van der Waals surface area contributed by atoms with Crippen LogP contribution in [0, 0.1) is 0 Å². The molecule has 0 aliphatic heterocycles. The summed E-state index contributed by atoms with van der Waals surface area (Å²) in [6.45, 7) is 1.88. The van der Waals surface area contributed by atoms with Crippen LogP contribution in [0.3, 0.4) is 0 Å². The van der Waals surface area contributed by atoms with Crippen LogP contribution in [0.2, 0.25) is 0 Å². The molecule has 1 heterocycles. The van der Waals surface area contributed by atoms with Gasteiger partial charge < -0.3 is 0 Å². The third kappa shape index (κ3) is 3.39. The van der Waals surface area contributed by atoms with Crippen LogP contribution in [0.25, 0.3) is 0 Å². The molecule has 0 aliphatic carbocycles. The Morgan fingerprint density at radius 3 is 2.93 bits per heavy atom. The summed E-state index contributed by atoms with van der Waals surface area (Å²) in [7, 11) is 0. The Kier molecular flexibility index (Phi) is 4.48. The van der Waals surface area contributed by atoms with E-state index in [1.165, 1.54) is 11.8 Å². The minimum atomic E-state index is 0.645. The molecule has 0 amide bonds. The van der Waals surface area contributed by atoms with E-state index in [0.29, 0.717) is 4.32 Å². The largest absolute Gasteiger partial charge is 0.262 e. The summed E-state index contributed by atoms with van der Waals surface area (Å²) in [4.78, 5) is 0. The Balaban J connectivity index is 2.66. The minimum absolute atomic E-state index is 0.645. The molecule has 1 aromatic heterocycles. The van der Waals surface area contributed by atoms with E-state index >= 15 is 0 Å². The number of nitrogens with zero attached hydrogens (tertiary/aromatic N) is 3. The zero-order chi connectivity index (χ0) is 10.4. The number of hydrogen-bond acceptors (Lipinski definition) is 5. The molecule has 0 atom stereocenters. The first-order chi connectivity index (χ1) is 6.74. The van der Waals surface area contributed by atoms with Gasteiger partial charge in [0, 0.05) is 5.56 Å². The van der Waals surface area contributed by atoms with Crippen LogP contribution in [0.5, 0.6) is 0 Å². The monoisotopic (exact) mass is 226 g/mol. The quantitative estimate of drug-likeness (QED) is 0.470. The molecule has 1 rings (SSSR count). The average Bonchev–Trinajstić information content (AvgIpc) is 2.26. The highest BCUT2D eigenvalue weighted by Crippen LogP contribution is 1.98. The zero-order valence-electron chi connectivity index (χ0n) is 7.89. The van der Waals surface area contributed by atoms with Crippen LogP contribution in [0.4, 0.5) is 0 Å². The number of aromatic nitrogens is 2. The smallest absolute Gasteiger partial charge is 0.153 e. The van der Waals surface area contributed by atoms with Gasteiger partial charge in [0.25, 0.3) is 0 Å². The van der Waals surface area contributed by atoms with E-state index in [4.69, 9.17) is 12.2 Å². The van der Waals surface area contributed by atoms with Crippen LogP contribution < -0.4 is 5.43 Å². The lowest BCUT2D eigenvalue weighted by Crippen LogP contribution is -2.13. The van der Waals surface area contributed by atoms with E-state index in [1.54, 1.807) is 12.4 Å². The fourth-order valence-electron chi connectivity index (χ4n) is 0.744. The van der Waals surface area contributed by atoms with Gasteiger partial charge in [-0.1, -0.05) is 24.0 Å². The van der Waals surface area contributed by atoms with Gasteiger partial charge in [-0.15, -0.1) is 0 Å². The maximum atomic E-state index is 4.94. The molecular weight excluding hydrogens is 216 g/mol. The van der Waals surface area contributed by atoms with E-state index < -0.39 is 0 Å². The highest BCUT2D eigenvalue weighted by atomic mass is 32.2. The van der Waals surface area contributed by atoms with Crippen molar-refractivity contribution in [3.8, 4) is 0 Å². The Hall–Kier alpha value is -1.01. The van der Waals surface area contributed by atoms with Crippen molar-refractivity contribution in [3.05, 3.63) is 24.0 Å². The van der Waals surface area contributed by atoms with Gasteiger partial charge in [0.1, 0.15) is 0 Å². The van der Waals surface area contributed by atoms with Gasteiger partial charge in [-0.05, 0) is 19.2 Å². The Labute approximate surface area is 92.2 Å². The first-order valence-corrected chi connectivity index (χ1v) is 5.52. The Bertz CT molecular complexity index is 336.